The molecule has 2 aromatic rings. The van der Waals surface area contributed by atoms with Gasteiger partial charge in [-0.2, -0.15) is 0 Å². The molecular formula is C19H26N4O2. The highest BCUT2D eigenvalue weighted by atomic mass is 16.3. The molecule has 1 aliphatic heterocycles. The van der Waals surface area contributed by atoms with Crippen molar-refractivity contribution >= 4 is 5.82 Å². The maximum absolute atomic E-state index is 9.71. The van der Waals surface area contributed by atoms with E-state index < -0.39 is 0 Å². The standard InChI is InChI=1S/C19H26N4O2/c24-12-13(10-15-2-1-9-25-15)11-21-19-16-5-7-20-8-6-17(16)22-18(23-19)14-3-4-14/h1-2,9,13-14,20,24H,3-8,10-12H2,(H,21,22,23)/t13-/m1/s1. The van der Waals surface area contributed by atoms with Crippen LogP contribution in [-0.4, -0.2) is 41.3 Å². The molecule has 25 heavy (non-hydrogen) atoms. The fraction of sp³-hybridized carbons (Fsp3) is 0.579. The summed E-state index contributed by atoms with van der Waals surface area (Å²) in [7, 11) is 0. The van der Waals surface area contributed by atoms with Crippen LogP contribution in [0.4, 0.5) is 5.82 Å². The summed E-state index contributed by atoms with van der Waals surface area (Å²) in [4.78, 5) is 9.69. The van der Waals surface area contributed by atoms with Crippen LogP contribution >= 0.6 is 0 Å². The van der Waals surface area contributed by atoms with Crippen LogP contribution in [0.1, 0.15) is 41.6 Å². The van der Waals surface area contributed by atoms with Gasteiger partial charge in [-0.25, -0.2) is 9.97 Å². The summed E-state index contributed by atoms with van der Waals surface area (Å²) >= 11 is 0. The molecule has 2 aromatic heterocycles. The molecule has 0 aromatic carbocycles. The molecule has 6 nitrogen and oxygen atoms in total. The zero-order valence-corrected chi connectivity index (χ0v) is 14.5. The largest absolute Gasteiger partial charge is 0.469 e. The van der Waals surface area contributed by atoms with Crippen LogP contribution in [0, 0.1) is 5.92 Å². The van der Waals surface area contributed by atoms with E-state index in [9.17, 15) is 5.11 Å². The maximum atomic E-state index is 9.71. The quantitative estimate of drug-likeness (QED) is 0.713. The molecule has 0 amide bonds. The second kappa shape index (κ2) is 7.54. The molecule has 0 bridgehead atoms. The lowest BCUT2D eigenvalue weighted by Crippen LogP contribution is -2.22. The Labute approximate surface area is 148 Å². The Balaban J connectivity index is 1.51. The van der Waals surface area contributed by atoms with Gasteiger partial charge in [-0.15, -0.1) is 0 Å². The van der Waals surface area contributed by atoms with E-state index in [1.54, 1.807) is 6.26 Å². The SMILES string of the molecule is OC[C@@H](CNc1nc(C2CC2)nc2c1CCNCC2)Cc1ccco1. The number of nitrogens with one attached hydrogen (secondary N) is 2. The van der Waals surface area contributed by atoms with E-state index in [0.717, 1.165) is 49.8 Å². The Morgan fingerprint density at radius 2 is 2.16 bits per heavy atom. The summed E-state index contributed by atoms with van der Waals surface area (Å²) in [5.74, 6) is 3.51. The number of hydrogen-bond acceptors (Lipinski definition) is 6. The lowest BCUT2D eigenvalue weighted by molar-refractivity contribution is 0.226. The molecule has 2 aliphatic rings. The highest BCUT2D eigenvalue weighted by molar-refractivity contribution is 5.48. The van der Waals surface area contributed by atoms with Gasteiger partial charge in [0.2, 0.25) is 0 Å². The molecule has 6 heteroatoms. The summed E-state index contributed by atoms with van der Waals surface area (Å²) < 4.78 is 5.41. The van der Waals surface area contributed by atoms with E-state index in [-0.39, 0.29) is 12.5 Å². The average Bonchev–Trinajstić information content (AvgIpc) is 3.40. The van der Waals surface area contributed by atoms with Crippen LogP contribution in [0.3, 0.4) is 0 Å². The van der Waals surface area contributed by atoms with Crippen molar-refractivity contribution in [1.82, 2.24) is 15.3 Å². The minimum atomic E-state index is 0.102. The van der Waals surface area contributed by atoms with Gasteiger partial charge in [0.25, 0.3) is 0 Å². The highest BCUT2D eigenvalue weighted by Crippen LogP contribution is 2.39. The highest BCUT2D eigenvalue weighted by Gasteiger charge is 2.29. The first-order valence-electron chi connectivity index (χ1n) is 9.31. The molecule has 1 saturated carbocycles. The van der Waals surface area contributed by atoms with Crippen molar-refractivity contribution in [3.8, 4) is 0 Å². The van der Waals surface area contributed by atoms with E-state index in [1.807, 2.05) is 12.1 Å². The predicted molar refractivity (Wildman–Crippen MR) is 95.8 cm³/mol. The first kappa shape index (κ1) is 16.5. The van der Waals surface area contributed by atoms with Crippen molar-refractivity contribution in [3.63, 3.8) is 0 Å². The molecule has 0 saturated heterocycles. The Kier molecular flexibility index (Phi) is 4.99. The van der Waals surface area contributed by atoms with E-state index in [1.165, 1.54) is 24.1 Å². The molecular weight excluding hydrogens is 316 g/mol. The fourth-order valence-electron chi connectivity index (χ4n) is 3.39. The van der Waals surface area contributed by atoms with E-state index in [4.69, 9.17) is 14.4 Å². The number of aliphatic hydroxyl groups excluding tert-OH is 1. The van der Waals surface area contributed by atoms with Gasteiger partial charge in [-0.1, -0.05) is 0 Å². The van der Waals surface area contributed by atoms with Crippen molar-refractivity contribution < 1.29 is 9.52 Å². The molecule has 0 unspecified atom stereocenters. The number of anilines is 1. The van der Waals surface area contributed by atoms with E-state index in [0.29, 0.717) is 12.5 Å². The van der Waals surface area contributed by atoms with Crippen molar-refractivity contribution in [2.24, 2.45) is 5.92 Å². The first-order chi connectivity index (χ1) is 12.3. The predicted octanol–water partition coefficient (Wildman–Crippen LogP) is 1.90. The van der Waals surface area contributed by atoms with E-state index >= 15 is 0 Å². The summed E-state index contributed by atoms with van der Waals surface area (Å²) in [6.07, 6.45) is 6.71. The molecule has 0 radical (unpaired) electrons. The second-order valence-corrected chi connectivity index (χ2v) is 7.09. The van der Waals surface area contributed by atoms with Gasteiger partial charge in [0.1, 0.15) is 17.4 Å². The molecule has 3 heterocycles. The molecule has 134 valence electrons. The van der Waals surface area contributed by atoms with Gasteiger partial charge in [-0.05, 0) is 37.9 Å². The number of furan rings is 1. The summed E-state index contributed by atoms with van der Waals surface area (Å²) in [5.41, 5.74) is 2.43. The Hall–Kier alpha value is -1.92. The molecule has 4 rings (SSSR count). The van der Waals surface area contributed by atoms with Crippen molar-refractivity contribution in [1.29, 1.82) is 0 Å². The zero-order valence-electron chi connectivity index (χ0n) is 14.5. The third-order valence-corrected chi connectivity index (χ3v) is 5.03. The van der Waals surface area contributed by atoms with Crippen LogP contribution in [-0.2, 0) is 19.3 Å². The molecule has 3 N–H and O–H groups in total. The molecule has 1 aliphatic carbocycles. The Morgan fingerprint density at radius 1 is 1.28 bits per heavy atom. The molecule has 1 fully saturated rings. The summed E-state index contributed by atoms with van der Waals surface area (Å²) in [6.45, 7) is 2.74. The number of aliphatic hydroxyl groups is 1. The smallest absolute Gasteiger partial charge is 0.134 e. The Morgan fingerprint density at radius 3 is 2.92 bits per heavy atom. The minimum absolute atomic E-state index is 0.102. The number of aromatic nitrogens is 2. The van der Waals surface area contributed by atoms with Gasteiger partial charge >= 0.3 is 0 Å². The number of hydrogen-bond donors (Lipinski definition) is 3. The second-order valence-electron chi connectivity index (χ2n) is 7.09. The third kappa shape index (κ3) is 4.02. The topological polar surface area (TPSA) is 83.2 Å². The van der Waals surface area contributed by atoms with Gasteiger partial charge in [0.15, 0.2) is 0 Å². The molecule has 1 atom stereocenters. The minimum Gasteiger partial charge on any atom is -0.469 e. The fourth-order valence-corrected chi connectivity index (χ4v) is 3.39. The average molecular weight is 342 g/mol. The number of nitrogens with zero attached hydrogens (tertiary/aromatic N) is 2. The zero-order chi connectivity index (χ0) is 17.1. The van der Waals surface area contributed by atoms with Gasteiger partial charge in [0.05, 0.1) is 12.0 Å². The van der Waals surface area contributed by atoms with Crippen LogP contribution in [0.5, 0.6) is 0 Å². The summed E-state index contributed by atoms with van der Waals surface area (Å²) in [5, 5.41) is 16.7. The number of rotatable bonds is 7. The van der Waals surface area contributed by atoms with Gasteiger partial charge < -0.3 is 20.2 Å². The van der Waals surface area contributed by atoms with Crippen LogP contribution in [0.25, 0.3) is 0 Å². The maximum Gasteiger partial charge on any atom is 0.134 e. The van der Waals surface area contributed by atoms with Crippen LogP contribution < -0.4 is 10.6 Å². The monoisotopic (exact) mass is 342 g/mol. The number of fused-ring (bicyclic) bond motifs is 1. The van der Waals surface area contributed by atoms with Gasteiger partial charge in [0, 0.05) is 49.9 Å². The van der Waals surface area contributed by atoms with Crippen molar-refractivity contribution in [2.45, 2.75) is 38.0 Å². The van der Waals surface area contributed by atoms with Gasteiger partial charge in [-0.3, -0.25) is 0 Å². The van der Waals surface area contributed by atoms with Crippen molar-refractivity contribution in [3.05, 3.63) is 41.2 Å². The summed E-state index contributed by atoms with van der Waals surface area (Å²) in [6, 6.07) is 3.84. The lowest BCUT2D eigenvalue weighted by atomic mass is 10.0. The van der Waals surface area contributed by atoms with Crippen LogP contribution in [0.15, 0.2) is 22.8 Å². The third-order valence-electron chi connectivity index (χ3n) is 5.03. The Bertz CT molecular complexity index is 698. The van der Waals surface area contributed by atoms with Crippen LogP contribution in [0.2, 0.25) is 0 Å². The van der Waals surface area contributed by atoms with Crippen molar-refractivity contribution in [2.75, 3.05) is 31.6 Å². The lowest BCUT2D eigenvalue weighted by Gasteiger charge is -2.18. The normalized spacial score (nSPS) is 18.4. The molecule has 0 spiro atoms. The first-order valence-corrected chi connectivity index (χ1v) is 9.31. The van der Waals surface area contributed by atoms with E-state index in [2.05, 4.69) is 10.6 Å².